The van der Waals surface area contributed by atoms with Crippen molar-refractivity contribution in [2.45, 2.75) is 13.0 Å². The molecule has 0 heterocycles. The molecule has 152 valence electrons. The number of hydrogen-bond donors (Lipinski definition) is 3. The predicted octanol–water partition coefficient (Wildman–Crippen LogP) is 4.25. The fourth-order valence-electron chi connectivity index (χ4n) is 2.73. The number of carboxylic acid groups (broad SMARTS) is 1. The molecule has 0 aliphatic carbocycles. The van der Waals surface area contributed by atoms with Gasteiger partial charge in [0.05, 0.1) is 12.1 Å². The fraction of sp³-hybridized carbons (Fsp3) is 0.0833. The van der Waals surface area contributed by atoms with Gasteiger partial charge in [-0.3, -0.25) is 9.59 Å². The van der Waals surface area contributed by atoms with Crippen LogP contribution in [0.4, 0.5) is 5.69 Å². The Hall–Kier alpha value is -4.06. The normalized spacial score (nSPS) is 10.7. The maximum Gasteiger partial charge on any atom is 0.307 e. The number of phenols is 1. The van der Waals surface area contributed by atoms with Gasteiger partial charge in [-0.2, -0.15) is 0 Å². The zero-order valence-electron chi connectivity index (χ0n) is 16.1. The van der Waals surface area contributed by atoms with Crippen LogP contribution in [0.2, 0.25) is 0 Å². The lowest BCUT2D eigenvalue weighted by atomic mass is 10.1. The molecule has 0 radical (unpaired) electrons. The summed E-state index contributed by atoms with van der Waals surface area (Å²) in [5, 5.41) is 21.3. The third-order valence-corrected chi connectivity index (χ3v) is 4.23. The van der Waals surface area contributed by atoms with Crippen molar-refractivity contribution in [1.29, 1.82) is 0 Å². The van der Waals surface area contributed by atoms with Gasteiger partial charge in [-0.25, -0.2) is 0 Å². The molecule has 0 aliphatic rings. The molecule has 0 fully saturated rings. The van der Waals surface area contributed by atoms with Gasteiger partial charge in [0.25, 0.3) is 0 Å². The molecule has 3 aromatic rings. The molecule has 3 rings (SSSR count). The second-order valence-corrected chi connectivity index (χ2v) is 6.59. The van der Waals surface area contributed by atoms with Gasteiger partial charge < -0.3 is 20.3 Å². The number of carboxylic acids is 1. The first kappa shape index (κ1) is 20.7. The van der Waals surface area contributed by atoms with Gasteiger partial charge in [0, 0.05) is 6.08 Å². The number of hydrogen-bond acceptors (Lipinski definition) is 4. The van der Waals surface area contributed by atoms with E-state index in [1.54, 1.807) is 6.08 Å². The molecule has 0 saturated heterocycles. The Kier molecular flexibility index (Phi) is 6.84. The molecule has 6 nitrogen and oxygen atoms in total. The SMILES string of the molecule is O=C(O)Cc1ccc(O)c(NC(=O)/C=C/c2ccc(OCc3ccccc3)cc2)c1. The summed E-state index contributed by atoms with van der Waals surface area (Å²) < 4.78 is 5.73. The molecule has 3 aromatic carbocycles. The number of anilines is 1. The van der Waals surface area contributed by atoms with Crippen LogP contribution >= 0.6 is 0 Å². The van der Waals surface area contributed by atoms with Crippen molar-refractivity contribution in [2.75, 3.05) is 5.32 Å². The highest BCUT2D eigenvalue weighted by Crippen LogP contribution is 2.24. The number of carbonyl (C=O) groups is 2. The van der Waals surface area contributed by atoms with Gasteiger partial charge in [0.2, 0.25) is 5.91 Å². The molecule has 0 aliphatic heterocycles. The maximum absolute atomic E-state index is 12.1. The van der Waals surface area contributed by atoms with E-state index in [-0.39, 0.29) is 17.9 Å². The highest BCUT2D eigenvalue weighted by atomic mass is 16.5. The van der Waals surface area contributed by atoms with E-state index in [0.717, 1.165) is 16.9 Å². The number of nitrogens with one attached hydrogen (secondary N) is 1. The number of amides is 1. The number of rotatable bonds is 8. The highest BCUT2D eigenvalue weighted by molar-refractivity contribution is 6.02. The van der Waals surface area contributed by atoms with Crippen molar-refractivity contribution in [3.05, 3.63) is 95.6 Å². The molecule has 0 spiro atoms. The number of ether oxygens (including phenoxy) is 1. The number of carbonyl (C=O) groups excluding carboxylic acids is 1. The predicted molar refractivity (Wildman–Crippen MR) is 114 cm³/mol. The van der Waals surface area contributed by atoms with Gasteiger partial charge in [-0.05, 0) is 47.0 Å². The molecule has 0 bridgehead atoms. The summed E-state index contributed by atoms with van der Waals surface area (Å²) in [5.74, 6) is -0.845. The molecule has 30 heavy (non-hydrogen) atoms. The minimum absolute atomic E-state index is 0.134. The van der Waals surface area contributed by atoms with Crippen molar-refractivity contribution < 1.29 is 24.5 Å². The molecule has 6 heteroatoms. The molecule has 0 atom stereocenters. The Balaban J connectivity index is 1.56. The monoisotopic (exact) mass is 403 g/mol. The lowest BCUT2D eigenvalue weighted by molar-refractivity contribution is -0.136. The summed E-state index contributed by atoms with van der Waals surface area (Å²) in [6.45, 7) is 0.475. The number of aliphatic carboxylic acids is 1. The maximum atomic E-state index is 12.1. The van der Waals surface area contributed by atoms with Gasteiger partial charge in [0.15, 0.2) is 0 Å². The smallest absolute Gasteiger partial charge is 0.307 e. The first-order valence-corrected chi connectivity index (χ1v) is 9.29. The topological polar surface area (TPSA) is 95.9 Å². The van der Waals surface area contributed by atoms with E-state index >= 15 is 0 Å². The molecule has 1 amide bonds. The second-order valence-electron chi connectivity index (χ2n) is 6.59. The minimum atomic E-state index is -0.992. The number of benzene rings is 3. The lowest BCUT2D eigenvalue weighted by Crippen LogP contribution is -2.09. The van der Waals surface area contributed by atoms with Crippen LogP contribution in [0.15, 0.2) is 78.9 Å². The average molecular weight is 403 g/mol. The number of aromatic hydroxyl groups is 1. The van der Waals surface area contributed by atoms with Crippen LogP contribution in [0.1, 0.15) is 16.7 Å². The number of phenolic OH excluding ortho intramolecular Hbond substituents is 1. The van der Waals surface area contributed by atoms with E-state index in [9.17, 15) is 14.7 Å². The van der Waals surface area contributed by atoms with Crippen LogP contribution in [-0.4, -0.2) is 22.1 Å². The Morgan fingerprint density at radius 1 is 0.933 bits per heavy atom. The van der Waals surface area contributed by atoms with Gasteiger partial charge in [-0.15, -0.1) is 0 Å². The minimum Gasteiger partial charge on any atom is -0.506 e. The summed E-state index contributed by atoms with van der Waals surface area (Å²) in [7, 11) is 0. The third kappa shape index (κ3) is 6.24. The summed E-state index contributed by atoms with van der Waals surface area (Å²) >= 11 is 0. The molecule has 0 unspecified atom stereocenters. The van der Waals surface area contributed by atoms with E-state index in [1.165, 1.54) is 24.3 Å². The van der Waals surface area contributed by atoms with E-state index in [2.05, 4.69) is 5.32 Å². The molecule has 0 aromatic heterocycles. The lowest BCUT2D eigenvalue weighted by Gasteiger charge is -2.07. The quantitative estimate of drug-likeness (QED) is 0.386. The van der Waals surface area contributed by atoms with Crippen LogP contribution in [0.25, 0.3) is 6.08 Å². The molecule has 3 N–H and O–H groups in total. The standard InChI is InChI=1S/C24H21NO5/c26-22-12-8-19(15-24(28)29)14-21(22)25-23(27)13-9-17-6-10-20(11-7-17)30-16-18-4-2-1-3-5-18/h1-14,26H,15-16H2,(H,25,27)(H,28,29)/b13-9+. The first-order chi connectivity index (χ1) is 14.5. The van der Waals surface area contributed by atoms with Crippen molar-refractivity contribution in [1.82, 2.24) is 0 Å². The summed E-state index contributed by atoms with van der Waals surface area (Å²) in [6, 6.07) is 21.4. The van der Waals surface area contributed by atoms with Crippen molar-refractivity contribution in [2.24, 2.45) is 0 Å². The Bertz CT molecular complexity index is 1040. The van der Waals surface area contributed by atoms with Crippen molar-refractivity contribution in [3.63, 3.8) is 0 Å². The Morgan fingerprint density at radius 3 is 2.37 bits per heavy atom. The second kappa shape index (κ2) is 9.93. The van der Waals surface area contributed by atoms with E-state index in [4.69, 9.17) is 9.84 Å². The summed E-state index contributed by atoms with van der Waals surface area (Å²) in [6.07, 6.45) is 2.77. The Morgan fingerprint density at radius 2 is 1.67 bits per heavy atom. The largest absolute Gasteiger partial charge is 0.506 e. The van der Waals surface area contributed by atoms with Gasteiger partial charge in [0.1, 0.15) is 18.1 Å². The van der Waals surface area contributed by atoms with E-state index in [1.807, 2.05) is 54.6 Å². The Labute approximate surface area is 174 Å². The van der Waals surface area contributed by atoms with Crippen LogP contribution in [0, 0.1) is 0 Å². The van der Waals surface area contributed by atoms with Crippen LogP contribution in [0.3, 0.4) is 0 Å². The van der Waals surface area contributed by atoms with Gasteiger partial charge >= 0.3 is 5.97 Å². The van der Waals surface area contributed by atoms with Crippen LogP contribution in [-0.2, 0) is 22.6 Å². The average Bonchev–Trinajstić information content (AvgIpc) is 2.74. The molecular weight excluding hydrogens is 382 g/mol. The van der Waals surface area contributed by atoms with Crippen LogP contribution in [0.5, 0.6) is 11.5 Å². The van der Waals surface area contributed by atoms with E-state index < -0.39 is 11.9 Å². The summed E-state index contributed by atoms with van der Waals surface area (Å²) in [5.41, 5.74) is 2.52. The zero-order chi connectivity index (χ0) is 21.3. The fourth-order valence-corrected chi connectivity index (χ4v) is 2.73. The van der Waals surface area contributed by atoms with E-state index in [0.29, 0.717) is 12.2 Å². The van der Waals surface area contributed by atoms with Gasteiger partial charge in [-0.1, -0.05) is 48.5 Å². The molecule has 0 saturated carbocycles. The zero-order valence-corrected chi connectivity index (χ0v) is 16.1. The third-order valence-electron chi connectivity index (χ3n) is 4.23. The van der Waals surface area contributed by atoms with Crippen molar-refractivity contribution in [3.8, 4) is 11.5 Å². The van der Waals surface area contributed by atoms with Crippen LogP contribution < -0.4 is 10.1 Å². The summed E-state index contributed by atoms with van der Waals surface area (Å²) in [4.78, 5) is 23.0. The van der Waals surface area contributed by atoms with Crippen molar-refractivity contribution >= 4 is 23.6 Å². The molecular formula is C24H21NO5. The highest BCUT2D eigenvalue weighted by Gasteiger charge is 2.08. The first-order valence-electron chi connectivity index (χ1n) is 9.29.